The molecule has 2 aromatic heterocycles. The first kappa shape index (κ1) is 15.0. The zero-order valence-electron chi connectivity index (χ0n) is 13.2. The zero-order chi connectivity index (χ0) is 16.0. The number of hydrogen-bond donors (Lipinski definition) is 0. The third-order valence-corrected chi connectivity index (χ3v) is 4.32. The van der Waals surface area contributed by atoms with Gasteiger partial charge in [-0.3, -0.25) is 9.36 Å². The van der Waals surface area contributed by atoms with E-state index in [-0.39, 0.29) is 5.56 Å². The van der Waals surface area contributed by atoms with Crippen molar-refractivity contribution in [3.8, 4) is 5.82 Å². The fourth-order valence-electron chi connectivity index (χ4n) is 2.29. The van der Waals surface area contributed by atoms with E-state index in [1.165, 1.54) is 10.6 Å². The molecule has 0 spiro atoms. The van der Waals surface area contributed by atoms with Crippen LogP contribution in [0.4, 0.5) is 0 Å². The highest BCUT2D eigenvalue weighted by Crippen LogP contribution is 2.36. The van der Waals surface area contributed by atoms with E-state index < -0.39 is 18.3 Å². The van der Waals surface area contributed by atoms with Gasteiger partial charge in [-0.25, -0.2) is 4.98 Å². The first-order valence-electron chi connectivity index (χ1n) is 7.31. The Labute approximate surface area is 130 Å². The average Bonchev–Trinajstić information content (AvgIpc) is 2.68. The summed E-state index contributed by atoms with van der Waals surface area (Å²) < 4.78 is 13.5. The normalized spacial score (nSPS) is 19.4. The Hall–Kier alpha value is -1.92. The van der Waals surface area contributed by atoms with Crippen LogP contribution in [0.5, 0.6) is 0 Å². The highest BCUT2D eigenvalue weighted by atomic mass is 16.7. The van der Waals surface area contributed by atoms with Crippen LogP contribution in [0.1, 0.15) is 27.7 Å². The molecule has 0 aliphatic carbocycles. The minimum atomic E-state index is -0.538. The second-order valence-corrected chi connectivity index (χ2v) is 6.42. The largest absolute Gasteiger partial charge is 0.514 e. The Balaban J connectivity index is 1.97. The monoisotopic (exact) mass is 298 g/mol. The van der Waals surface area contributed by atoms with Crippen molar-refractivity contribution in [1.82, 2.24) is 9.55 Å². The van der Waals surface area contributed by atoms with Gasteiger partial charge in [0, 0.05) is 12.3 Å². The SMILES string of the molecule is CC1(C)OB(c2cccc(-n3ccccc3=O)n2)OC1(C)C. The van der Waals surface area contributed by atoms with Crippen molar-refractivity contribution in [3.05, 3.63) is 52.9 Å². The summed E-state index contributed by atoms with van der Waals surface area (Å²) in [6, 6.07) is 10.5. The zero-order valence-corrected chi connectivity index (χ0v) is 13.2. The van der Waals surface area contributed by atoms with E-state index in [9.17, 15) is 4.79 Å². The predicted molar refractivity (Wildman–Crippen MR) is 85.6 cm³/mol. The molecule has 0 atom stereocenters. The van der Waals surface area contributed by atoms with Gasteiger partial charge in [-0.2, -0.15) is 0 Å². The molecule has 3 rings (SSSR count). The Kier molecular flexibility index (Phi) is 3.46. The quantitative estimate of drug-likeness (QED) is 0.789. The molecule has 1 fully saturated rings. The molecule has 0 unspecified atom stereocenters. The average molecular weight is 298 g/mol. The molecule has 114 valence electrons. The summed E-state index contributed by atoms with van der Waals surface area (Å²) >= 11 is 0. The lowest BCUT2D eigenvalue weighted by Crippen LogP contribution is -2.41. The van der Waals surface area contributed by atoms with Gasteiger partial charge in [0.05, 0.1) is 16.8 Å². The van der Waals surface area contributed by atoms with Crippen LogP contribution in [0.2, 0.25) is 0 Å². The number of hydrogen-bond acceptors (Lipinski definition) is 4. The molecule has 1 aliphatic heterocycles. The van der Waals surface area contributed by atoms with Crippen LogP contribution in [0.3, 0.4) is 0 Å². The lowest BCUT2D eigenvalue weighted by molar-refractivity contribution is 0.00578. The van der Waals surface area contributed by atoms with Crippen LogP contribution < -0.4 is 11.2 Å². The van der Waals surface area contributed by atoms with Gasteiger partial charge in [0.15, 0.2) is 0 Å². The molecule has 6 heteroatoms. The maximum absolute atomic E-state index is 11.9. The van der Waals surface area contributed by atoms with Gasteiger partial charge in [-0.1, -0.05) is 12.1 Å². The van der Waals surface area contributed by atoms with Crippen molar-refractivity contribution in [1.29, 1.82) is 0 Å². The van der Waals surface area contributed by atoms with E-state index in [4.69, 9.17) is 9.31 Å². The van der Waals surface area contributed by atoms with E-state index >= 15 is 0 Å². The van der Waals surface area contributed by atoms with E-state index in [1.54, 1.807) is 24.4 Å². The summed E-state index contributed by atoms with van der Waals surface area (Å²) in [5.41, 5.74) is -0.300. The van der Waals surface area contributed by atoms with Gasteiger partial charge in [-0.05, 0) is 45.9 Å². The van der Waals surface area contributed by atoms with Gasteiger partial charge in [-0.15, -0.1) is 0 Å². The molecule has 0 saturated carbocycles. The van der Waals surface area contributed by atoms with E-state index in [0.717, 1.165) is 0 Å². The molecule has 0 aromatic carbocycles. The first-order valence-corrected chi connectivity index (χ1v) is 7.31. The molecule has 3 heterocycles. The van der Waals surface area contributed by atoms with Crippen LogP contribution in [0.25, 0.3) is 5.82 Å². The first-order chi connectivity index (χ1) is 10.3. The number of nitrogens with zero attached hydrogens (tertiary/aromatic N) is 2. The molecule has 5 nitrogen and oxygen atoms in total. The molecule has 0 radical (unpaired) electrons. The summed E-state index contributed by atoms with van der Waals surface area (Å²) in [6.07, 6.45) is 1.69. The van der Waals surface area contributed by atoms with Crippen LogP contribution in [-0.2, 0) is 9.31 Å². The topological polar surface area (TPSA) is 53.4 Å². The molecular weight excluding hydrogens is 279 g/mol. The van der Waals surface area contributed by atoms with Gasteiger partial charge in [0.2, 0.25) is 0 Å². The van der Waals surface area contributed by atoms with Crippen LogP contribution in [-0.4, -0.2) is 27.9 Å². The van der Waals surface area contributed by atoms with Crippen LogP contribution in [0, 0.1) is 0 Å². The fraction of sp³-hybridized carbons (Fsp3) is 0.375. The van der Waals surface area contributed by atoms with Crippen LogP contribution in [0.15, 0.2) is 47.4 Å². The van der Waals surface area contributed by atoms with Gasteiger partial charge in [0.1, 0.15) is 5.82 Å². The van der Waals surface area contributed by atoms with Crippen molar-refractivity contribution < 1.29 is 9.31 Å². The van der Waals surface area contributed by atoms with Crippen molar-refractivity contribution in [3.63, 3.8) is 0 Å². The molecule has 1 saturated heterocycles. The van der Waals surface area contributed by atoms with Gasteiger partial charge in [0.25, 0.3) is 5.56 Å². The number of pyridine rings is 2. The maximum Gasteiger partial charge on any atom is 0.514 e. The molecule has 22 heavy (non-hydrogen) atoms. The lowest BCUT2D eigenvalue weighted by Gasteiger charge is -2.32. The highest BCUT2D eigenvalue weighted by Gasteiger charge is 2.52. The van der Waals surface area contributed by atoms with Crippen molar-refractivity contribution in [2.24, 2.45) is 0 Å². The van der Waals surface area contributed by atoms with Crippen molar-refractivity contribution >= 4 is 12.7 Å². The predicted octanol–water partition coefficient (Wildman–Crippen LogP) is 1.53. The Bertz CT molecular complexity index is 739. The summed E-state index contributed by atoms with van der Waals surface area (Å²) in [5.74, 6) is 0.554. The molecular formula is C16H19BN2O3. The van der Waals surface area contributed by atoms with Crippen molar-refractivity contribution in [2.45, 2.75) is 38.9 Å². The second-order valence-electron chi connectivity index (χ2n) is 6.42. The summed E-state index contributed by atoms with van der Waals surface area (Å²) in [6.45, 7) is 7.99. The third kappa shape index (κ3) is 2.49. The van der Waals surface area contributed by atoms with E-state index in [0.29, 0.717) is 11.4 Å². The Morgan fingerprint density at radius 2 is 1.68 bits per heavy atom. The minimum Gasteiger partial charge on any atom is -0.398 e. The maximum atomic E-state index is 11.9. The molecule has 0 amide bonds. The minimum absolute atomic E-state index is 0.124. The highest BCUT2D eigenvalue weighted by molar-refractivity contribution is 6.61. The molecule has 1 aliphatic rings. The van der Waals surface area contributed by atoms with Gasteiger partial charge < -0.3 is 9.31 Å². The number of rotatable bonds is 2. The molecule has 2 aromatic rings. The molecule has 0 N–H and O–H groups in total. The Morgan fingerprint density at radius 3 is 2.32 bits per heavy atom. The summed E-state index contributed by atoms with van der Waals surface area (Å²) in [5, 5.41) is 0. The number of aromatic nitrogens is 2. The summed E-state index contributed by atoms with van der Waals surface area (Å²) in [4.78, 5) is 16.4. The van der Waals surface area contributed by atoms with Crippen molar-refractivity contribution in [2.75, 3.05) is 0 Å². The van der Waals surface area contributed by atoms with Gasteiger partial charge >= 0.3 is 7.12 Å². The fourth-order valence-corrected chi connectivity index (χ4v) is 2.29. The van der Waals surface area contributed by atoms with Crippen LogP contribution >= 0.6 is 0 Å². The lowest BCUT2D eigenvalue weighted by atomic mass is 9.84. The standard InChI is InChI=1S/C16H19BN2O3/c1-15(2)16(3,4)22-17(21-15)12-8-7-9-13(18-12)19-11-6-5-10-14(19)20/h5-11H,1-4H3. The smallest absolute Gasteiger partial charge is 0.398 e. The summed E-state index contributed by atoms with van der Waals surface area (Å²) in [7, 11) is -0.538. The van der Waals surface area contributed by atoms with E-state index in [1.807, 2.05) is 39.8 Å². The van der Waals surface area contributed by atoms with E-state index in [2.05, 4.69) is 4.98 Å². The Morgan fingerprint density at radius 1 is 1.00 bits per heavy atom. The molecule has 0 bridgehead atoms. The third-order valence-electron chi connectivity index (χ3n) is 4.32. The second kappa shape index (κ2) is 5.07.